The lowest BCUT2D eigenvalue weighted by Crippen LogP contribution is -2.21. The van der Waals surface area contributed by atoms with Gasteiger partial charge in [0.2, 0.25) is 0 Å². The van der Waals surface area contributed by atoms with Gasteiger partial charge in [0.25, 0.3) is 0 Å². The maximum absolute atomic E-state index is 12.4. The largest absolute Gasteiger partial charge is 0.422 e. The molecule has 0 saturated carbocycles. The van der Waals surface area contributed by atoms with Gasteiger partial charge in [0.05, 0.1) is 0 Å². The van der Waals surface area contributed by atoms with Gasteiger partial charge in [-0.1, -0.05) is 48.6 Å². The Bertz CT molecular complexity index is 1070. The fourth-order valence-corrected chi connectivity index (χ4v) is 3.02. The predicted molar refractivity (Wildman–Crippen MR) is 115 cm³/mol. The number of carbonyl (C=O) groups excluding carboxylic acids is 1. The van der Waals surface area contributed by atoms with E-state index in [9.17, 15) is 9.59 Å². The molecule has 3 aromatic rings. The summed E-state index contributed by atoms with van der Waals surface area (Å²) < 4.78 is 5.41. The number of hydrogen-bond donors (Lipinski definition) is 0. The van der Waals surface area contributed by atoms with Crippen LogP contribution in [0.4, 0.5) is 5.69 Å². The van der Waals surface area contributed by atoms with Crippen LogP contribution in [-0.4, -0.2) is 18.9 Å². The highest BCUT2D eigenvalue weighted by Gasteiger charge is 2.12. The molecule has 0 bridgehead atoms. The molecular weight excluding hydrogens is 350 g/mol. The number of allylic oxidation sites excluding steroid dienone is 3. The quantitative estimate of drug-likeness (QED) is 0.250. The van der Waals surface area contributed by atoms with Crippen LogP contribution in [0.1, 0.15) is 29.8 Å². The molecule has 2 aromatic carbocycles. The van der Waals surface area contributed by atoms with Crippen molar-refractivity contribution in [3.8, 4) is 0 Å². The monoisotopic (exact) mass is 373 g/mol. The molecule has 0 radical (unpaired) electrons. The molecule has 142 valence electrons. The molecule has 0 aliphatic carbocycles. The van der Waals surface area contributed by atoms with Crippen molar-refractivity contribution in [1.29, 1.82) is 0 Å². The summed E-state index contributed by atoms with van der Waals surface area (Å²) in [6.07, 6.45) is 6.66. The number of ketones is 1. The van der Waals surface area contributed by atoms with Crippen LogP contribution in [0.5, 0.6) is 0 Å². The molecule has 0 aliphatic heterocycles. The fourth-order valence-electron chi connectivity index (χ4n) is 3.02. The molecule has 28 heavy (non-hydrogen) atoms. The number of benzene rings is 2. The molecular formula is C24H23NO3. The van der Waals surface area contributed by atoms with Crippen molar-refractivity contribution in [3.05, 3.63) is 94.4 Å². The van der Waals surface area contributed by atoms with Crippen LogP contribution in [0.15, 0.2) is 82.0 Å². The van der Waals surface area contributed by atoms with E-state index in [4.69, 9.17) is 4.42 Å². The second-order valence-corrected chi connectivity index (χ2v) is 6.34. The van der Waals surface area contributed by atoms with Crippen LogP contribution in [-0.2, 0) is 0 Å². The zero-order valence-electron chi connectivity index (χ0n) is 16.1. The topological polar surface area (TPSA) is 50.5 Å². The van der Waals surface area contributed by atoms with E-state index in [0.717, 1.165) is 29.7 Å². The molecule has 0 N–H and O–H groups in total. The number of rotatable bonds is 7. The van der Waals surface area contributed by atoms with Crippen LogP contribution in [0.3, 0.4) is 0 Å². The highest BCUT2D eigenvalue weighted by Crippen LogP contribution is 2.22. The smallest absolute Gasteiger partial charge is 0.347 e. The maximum Gasteiger partial charge on any atom is 0.347 e. The average molecular weight is 373 g/mol. The molecule has 0 spiro atoms. The van der Waals surface area contributed by atoms with Gasteiger partial charge >= 0.3 is 5.63 Å². The van der Waals surface area contributed by atoms with Gasteiger partial charge in [0.15, 0.2) is 5.78 Å². The zero-order valence-corrected chi connectivity index (χ0v) is 16.1. The summed E-state index contributed by atoms with van der Waals surface area (Å²) in [5, 5.41) is 0.729. The minimum absolute atomic E-state index is 0.0347. The summed E-state index contributed by atoms with van der Waals surface area (Å²) >= 11 is 0. The SMILES string of the molecule is CCN(CC)c1ccc2cc(C(=O)/C=C\C=C\c3ccccc3)c(=O)oc2c1. The molecule has 0 unspecified atom stereocenters. The molecule has 0 amide bonds. The number of fused-ring (bicyclic) bond motifs is 1. The Hall–Kier alpha value is -3.40. The highest BCUT2D eigenvalue weighted by atomic mass is 16.4. The number of carbonyl (C=O) groups is 1. The lowest BCUT2D eigenvalue weighted by atomic mass is 10.1. The van der Waals surface area contributed by atoms with Gasteiger partial charge in [0.1, 0.15) is 11.1 Å². The number of anilines is 1. The van der Waals surface area contributed by atoms with Crippen molar-refractivity contribution < 1.29 is 9.21 Å². The van der Waals surface area contributed by atoms with Gasteiger partial charge in [-0.05, 0) is 43.7 Å². The molecule has 0 fully saturated rings. The summed E-state index contributed by atoms with van der Waals surface area (Å²) in [6, 6.07) is 17.1. The third-order valence-electron chi connectivity index (χ3n) is 4.56. The van der Waals surface area contributed by atoms with Gasteiger partial charge in [-0.25, -0.2) is 4.79 Å². The molecule has 1 heterocycles. The van der Waals surface area contributed by atoms with E-state index >= 15 is 0 Å². The summed E-state index contributed by atoms with van der Waals surface area (Å²) in [5.74, 6) is -0.374. The minimum Gasteiger partial charge on any atom is -0.422 e. The van der Waals surface area contributed by atoms with E-state index in [2.05, 4.69) is 18.7 Å². The summed E-state index contributed by atoms with van der Waals surface area (Å²) in [7, 11) is 0. The van der Waals surface area contributed by atoms with Gasteiger partial charge in [-0.15, -0.1) is 0 Å². The highest BCUT2D eigenvalue weighted by molar-refractivity contribution is 6.06. The van der Waals surface area contributed by atoms with Gasteiger partial charge in [0, 0.05) is 30.2 Å². The predicted octanol–water partition coefficient (Wildman–Crippen LogP) is 5.09. The average Bonchev–Trinajstić information content (AvgIpc) is 2.72. The Kier molecular flexibility index (Phi) is 6.22. The van der Waals surface area contributed by atoms with E-state index in [-0.39, 0.29) is 11.3 Å². The zero-order chi connectivity index (χ0) is 19.9. The van der Waals surface area contributed by atoms with Crippen molar-refractivity contribution in [2.45, 2.75) is 13.8 Å². The van der Waals surface area contributed by atoms with E-state index in [0.29, 0.717) is 5.58 Å². The third-order valence-corrected chi connectivity index (χ3v) is 4.56. The Morgan fingerprint density at radius 3 is 2.46 bits per heavy atom. The second-order valence-electron chi connectivity index (χ2n) is 6.34. The minimum atomic E-state index is -0.620. The molecule has 4 nitrogen and oxygen atoms in total. The van der Waals surface area contributed by atoms with Crippen molar-refractivity contribution in [2.75, 3.05) is 18.0 Å². The summed E-state index contributed by atoms with van der Waals surface area (Å²) in [5.41, 5.74) is 1.93. The lowest BCUT2D eigenvalue weighted by molar-refractivity contribution is 0.104. The molecule has 1 aromatic heterocycles. The maximum atomic E-state index is 12.4. The first-order chi connectivity index (χ1) is 13.6. The molecule has 0 saturated heterocycles. The first kappa shape index (κ1) is 19.4. The molecule has 0 atom stereocenters. The van der Waals surface area contributed by atoms with Gasteiger partial charge in [-0.3, -0.25) is 4.79 Å². The normalized spacial score (nSPS) is 11.5. The van der Waals surface area contributed by atoms with Crippen molar-refractivity contribution >= 4 is 28.5 Å². The van der Waals surface area contributed by atoms with E-state index in [1.165, 1.54) is 6.08 Å². The Balaban J connectivity index is 1.82. The second kappa shape index (κ2) is 9.00. The Morgan fingerprint density at radius 1 is 1.00 bits per heavy atom. The van der Waals surface area contributed by atoms with Crippen molar-refractivity contribution in [2.24, 2.45) is 0 Å². The van der Waals surface area contributed by atoms with E-state index in [1.54, 1.807) is 18.2 Å². The van der Waals surface area contributed by atoms with Crippen LogP contribution >= 0.6 is 0 Å². The summed E-state index contributed by atoms with van der Waals surface area (Å²) in [4.78, 5) is 26.9. The van der Waals surface area contributed by atoms with Crippen molar-refractivity contribution in [3.63, 3.8) is 0 Å². The first-order valence-electron chi connectivity index (χ1n) is 9.39. The molecule has 4 heteroatoms. The standard InChI is InChI=1S/C24H23NO3/c1-3-25(4-2)20-15-14-19-16-21(24(27)28-23(19)17-20)22(26)13-9-8-12-18-10-6-5-7-11-18/h5-17H,3-4H2,1-2H3/b12-8+,13-9-. The Morgan fingerprint density at radius 2 is 1.75 bits per heavy atom. The van der Waals surface area contributed by atoms with Crippen LogP contribution in [0.25, 0.3) is 17.0 Å². The van der Waals surface area contributed by atoms with E-state index < -0.39 is 5.63 Å². The van der Waals surface area contributed by atoms with Crippen LogP contribution in [0, 0.1) is 0 Å². The number of nitrogens with zero attached hydrogens (tertiary/aromatic N) is 1. The first-order valence-corrected chi connectivity index (χ1v) is 9.39. The van der Waals surface area contributed by atoms with Gasteiger partial charge < -0.3 is 9.32 Å². The third kappa shape index (κ3) is 4.46. The lowest BCUT2D eigenvalue weighted by Gasteiger charge is -2.20. The van der Waals surface area contributed by atoms with E-state index in [1.807, 2.05) is 54.6 Å². The molecule has 0 aliphatic rings. The van der Waals surface area contributed by atoms with Gasteiger partial charge in [-0.2, -0.15) is 0 Å². The fraction of sp³-hybridized carbons (Fsp3) is 0.167. The van der Waals surface area contributed by atoms with Crippen LogP contribution in [0.2, 0.25) is 0 Å². The van der Waals surface area contributed by atoms with Crippen molar-refractivity contribution in [1.82, 2.24) is 0 Å². The summed E-state index contributed by atoms with van der Waals surface area (Å²) in [6.45, 7) is 5.88. The molecule has 3 rings (SSSR count). The number of hydrogen-bond acceptors (Lipinski definition) is 4. The van der Waals surface area contributed by atoms with Crippen LogP contribution < -0.4 is 10.5 Å². The Labute approximate surface area is 164 Å².